The summed E-state index contributed by atoms with van der Waals surface area (Å²) in [6.07, 6.45) is 0. The maximum absolute atomic E-state index is 5.97. The molecule has 0 bridgehead atoms. The van der Waals surface area contributed by atoms with Gasteiger partial charge in [-0.2, -0.15) is 5.10 Å². The summed E-state index contributed by atoms with van der Waals surface area (Å²) >= 11 is 3.51. The van der Waals surface area contributed by atoms with Gasteiger partial charge in [-0.1, -0.05) is 6.07 Å². The molecule has 2 aromatic rings. The topological polar surface area (TPSA) is 55.9 Å². The summed E-state index contributed by atoms with van der Waals surface area (Å²) in [6, 6.07) is 5.94. The van der Waals surface area contributed by atoms with Crippen LogP contribution in [0, 0.1) is 13.8 Å². The van der Waals surface area contributed by atoms with Gasteiger partial charge in [-0.3, -0.25) is 4.68 Å². The first-order chi connectivity index (χ1) is 7.99. The Hall–Kier alpha value is -1.49. The number of nitrogens with one attached hydrogen (secondary N) is 1. The van der Waals surface area contributed by atoms with Crippen molar-refractivity contribution in [2.45, 2.75) is 13.8 Å². The molecule has 4 nitrogen and oxygen atoms in total. The Morgan fingerprint density at radius 3 is 2.59 bits per heavy atom. The highest BCUT2D eigenvalue weighted by Crippen LogP contribution is 2.30. The first-order valence-electron chi connectivity index (χ1n) is 5.31. The van der Waals surface area contributed by atoms with Crippen LogP contribution in [0.1, 0.15) is 11.3 Å². The third-order valence-electron chi connectivity index (χ3n) is 2.61. The number of hydrogen-bond donors (Lipinski definition) is 2. The molecule has 0 atom stereocenters. The van der Waals surface area contributed by atoms with Crippen molar-refractivity contribution in [2.24, 2.45) is 7.05 Å². The summed E-state index contributed by atoms with van der Waals surface area (Å²) in [5, 5.41) is 7.61. The molecule has 3 N–H and O–H groups in total. The number of rotatable bonds is 2. The number of nitrogens with two attached hydrogens (primary N) is 1. The second-order valence-electron chi connectivity index (χ2n) is 4.09. The van der Waals surface area contributed by atoms with E-state index < -0.39 is 0 Å². The Kier molecular flexibility index (Phi) is 3.11. The van der Waals surface area contributed by atoms with Crippen molar-refractivity contribution < 1.29 is 0 Å². The molecular weight excluding hydrogens is 280 g/mol. The number of nitrogen functional groups attached to an aromatic ring is 1. The van der Waals surface area contributed by atoms with Gasteiger partial charge in [0.05, 0.1) is 21.5 Å². The Morgan fingerprint density at radius 2 is 2.06 bits per heavy atom. The molecule has 2 rings (SSSR count). The molecule has 1 aromatic heterocycles. The summed E-state index contributed by atoms with van der Waals surface area (Å²) in [7, 11) is 1.89. The second kappa shape index (κ2) is 4.41. The average molecular weight is 295 g/mol. The number of anilines is 3. The highest BCUT2D eigenvalue weighted by molar-refractivity contribution is 9.10. The van der Waals surface area contributed by atoms with E-state index in [1.54, 1.807) is 4.68 Å². The van der Waals surface area contributed by atoms with Crippen molar-refractivity contribution in [3.63, 3.8) is 0 Å². The standard InChI is InChI=1S/C12H15BrN4/c1-7-4-5-10(9(14)6-7)15-12-11(13)8(2)16-17(12)3/h4-6,15H,14H2,1-3H3. The number of hydrogen-bond acceptors (Lipinski definition) is 3. The van der Waals surface area contributed by atoms with Crippen LogP contribution in [-0.4, -0.2) is 9.78 Å². The Bertz CT molecular complexity index is 560. The molecule has 0 saturated carbocycles. The molecule has 0 unspecified atom stereocenters. The highest BCUT2D eigenvalue weighted by atomic mass is 79.9. The summed E-state index contributed by atoms with van der Waals surface area (Å²) in [5.74, 6) is 0.901. The van der Waals surface area contributed by atoms with Crippen molar-refractivity contribution in [2.75, 3.05) is 11.1 Å². The molecular formula is C12H15BrN4. The molecule has 17 heavy (non-hydrogen) atoms. The smallest absolute Gasteiger partial charge is 0.143 e. The monoisotopic (exact) mass is 294 g/mol. The molecule has 1 heterocycles. The zero-order valence-corrected chi connectivity index (χ0v) is 11.7. The van der Waals surface area contributed by atoms with Gasteiger partial charge in [-0.15, -0.1) is 0 Å². The van der Waals surface area contributed by atoms with Gasteiger partial charge in [0, 0.05) is 7.05 Å². The van der Waals surface area contributed by atoms with Gasteiger partial charge < -0.3 is 11.1 Å². The van der Waals surface area contributed by atoms with Crippen LogP contribution in [0.25, 0.3) is 0 Å². The average Bonchev–Trinajstić information content (AvgIpc) is 2.48. The normalized spacial score (nSPS) is 10.6. The lowest BCUT2D eigenvalue weighted by atomic mass is 10.2. The van der Waals surface area contributed by atoms with E-state index in [1.807, 2.05) is 39.1 Å². The van der Waals surface area contributed by atoms with Gasteiger partial charge >= 0.3 is 0 Å². The molecule has 0 aliphatic heterocycles. The molecule has 0 fully saturated rings. The fourth-order valence-electron chi connectivity index (χ4n) is 1.69. The summed E-state index contributed by atoms with van der Waals surface area (Å²) in [5.41, 5.74) is 9.68. The summed E-state index contributed by atoms with van der Waals surface area (Å²) in [4.78, 5) is 0. The molecule has 5 heteroatoms. The fourth-order valence-corrected chi connectivity index (χ4v) is 2.13. The van der Waals surface area contributed by atoms with Crippen molar-refractivity contribution >= 4 is 33.1 Å². The second-order valence-corrected chi connectivity index (χ2v) is 4.88. The van der Waals surface area contributed by atoms with Crippen LogP contribution in [0.4, 0.5) is 17.2 Å². The first-order valence-corrected chi connectivity index (χ1v) is 6.10. The molecule has 1 aromatic carbocycles. The molecule has 0 saturated heterocycles. The molecule has 0 amide bonds. The maximum Gasteiger partial charge on any atom is 0.143 e. The van der Waals surface area contributed by atoms with Gasteiger partial charge in [-0.05, 0) is 47.5 Å². The highest BCUT2D eigenvalue weighted by Gasteiger charge is 2.11. The van der Waals surface area contributed by atoms with E-state index in [1.165, 1.54) is 0 Å². The van der Waals surface area contributed by atoms with Crippen LogP contribution in [0.3, 0.4) is 0 Å². The third-order valence-corrected chi connectivity index (χ3v) is 3.56. The molecule has 0 aliphatic rings. The predicted octanol–water partition coefficient (Wildman–Crippen LogP) is 3.13. The maximum atomic E-state index is 5.97. The minimum atomic E-state index is 0.732. The van der Waals surface area contributed by atoms with E-state index in [-0.39, 0.29) is 0 Å². The van der Waals surface area contributed by atoms with E-state index in [0.29, 0.717) is 0 Å². The Morgan fingerprint density at radius 1 is 1.35 bits per heavy atom. The van der Waals surface area contributed by atoms with E-state index in [9.17, 15) is 0 Å². The van der Waals surface area contributed by atoms with Crippen LogP contribution in [0.15, 0.2) is 22.7 Å². The molecule has 0 spiro atoms. The number of benzene rings is 1. The van der Waals surface area contributed by atoms with E-state index in [4.69, 9.17) is 5.73 Å². The minimum Gasteiger partial charge on any atom is -0.397 e. The Labute approximate surface area is 109 Å². The molecule has 90 valence electrons. The minimum absolute atomic E-state index is 0.732. The van der Waals surface area contributed by atoms with Gasteiger partial charge in [0.15, 0.2) is 0 Å². The quantitative estimate of drug-likeness (QED) is 0.837. The lowest BCUT2D eigenvalue weighted by Gasteiger charge is -2.10. The lowest BCUT2D eigenvalue weighted by Crippen LogP contribution is -2.02. The fraction of sp³-hybridized carbons (Fsp3) is 0.250. The molecule has 0 aliphatic carbocycles. The molecule has 0 radical (unpaired) electrons. The van der Waals surface area contributed by atoms with Crippen molar-refractivity contribution in [1.29, 1.82) is 0 Å². The lowest BCUT2D eigenvalue weighted by molar-refractivity contribution is 0.765. The first kappa shape index (κ1) is 12.0. The number of halogens is 1. The van der Waals surface area contributed by atoms with E-state index in [0.717, 1.165) is 32.9 Å². The predicted molar refractivity (Wildman–Crippen MR) is 74.5 cm³/mol. The zero-order chi connectivity index (χ0) is 12.6. The van der Waals surface area contributed by atoms with E-state index >= 15 is 0 Å². The number of aryl methyl sites for hydroxylation is 3. The van der Waals surface area contributed by atoms with Crippen LogP contribution < -0.4 is 11.1 Å². The van der Waals surface area contributed by atoms with Gasteiger partial charge in [-0.25, -0.2) is 0 Å². The van der Waals surface area contributed by atoms with Crippen LogP contribution >= 0.6 is 15.9 Å². The zero-order valence-electron chi connectivity index (χ0n) is 10.1. The van der Waals surface area contributed by atoms with Gasteiger partial charge in [0.25, 0.3) is 0 Å². The summed E-state index contributed by atoms with van der Waals surface area (Å²) in [6.45, 7) is 3.97. The largest absolute Gasteiger partial charge is 0.397 e. The van der Waals surface area contributed by atoms with Crippen molar-refractivity contribution in [1.82, 2.24) is 9.78 Å². The number of aromatic nitrogens is 2. The van der Waals surface area contributed by atoms with Gasteiger partial charge in [0.2, 0.25) is 0 Å². The number of nitrogens with zero attached hydrogens (tertiary/aromatic N) is 2. The van der Waals surface area contributed by atoms with Crippen molar-refractivity contribution in [3.8, 4) is 0 Å². The Balaban J connectivity index is 2.38. The van der Waals surface area contributed by atoms with Crippen molar-refractivity contribution in [3.05, 3.63) is 33.9 Å². The van der Waals surface area contributed by atoms with E-state index in [2.05, 4.69) is 26.3 Å². The van der Waals surface area contributed by atoms with Crippen LogP contribution in [-0.2, 0) is 7.05 Å². The van der Waals surface area contributed by atoms with Crippen LogP contribution in [0.2, 0.25) is 0 Å². The summed E-state index contributed by atoms with van der Waals surface area (Å²) < 4.78 is 2.75. The SMILES string of the molecule is Cc1ccc(Nc2c(Br)c(C)nn2C)c(N)c1. The third kappa shape index (κ3) is 2.29. The van der Waals surface area contributed by atoms with Gasteiger partial charge in [0.1, 0.15) is 5.82 Å². The van der Waals surface area contributed by atoms with Crippen LogP contribution in [0.5, 0.6) is 0 Å².